The fourth-order valence-electron chi connectivity index (χ4n) is 2.92. The second-order valence-corrected chi connectivity index (χ2v) is 8.63. The van der Waals surface area contributed by atoms with Crippen LogP contribution in [0.5, 0.6) is 5.75 Å². The Labute approximate surface area is 193 Å². The Morgan fingerprint density at radius 1 is 1.13 bits per heavy atom. The van der Waals surface area contributed by atoms with Crippen molar-refractivity contribution in [3.63, 3.8) is 0 Å². The van der Waals surface area contributed by atoms with Gasteiger partial charge in [0.15, 0.2) is 0 Å². The first kappa shape index (κ1) is 22.9. The van der Waals surface area contributed by atoms with Gasteiger partial charge in [0.1, 0.15) is 10.8 Å². The van der Waals surface area contributed by atoms with E-state index in [1.807, 2.05) is 31.2 Å². The van der Waals surface area contributed by atoms with Gasteiger partial charge in [-0.05, 0) is 36.8 Å². The highest BCUT2D eigenvalue weighted by molar-refractivity contribution is 9.10. The largest absolute Gasteiger partial charge is 0.497 e. The molecule has 0 bridgehead atoms. The topological polar surface area (TPSA) is 84.4 Å². The fraction of sp³-hybridized carbons (Fsp3) is 0.273. The Balaban J connectivity index is 1.59. The molecule has 3 rings (SSSR count). The molecule has 0 aliphatic carbocycles. The minimum absolute atomic E-state index is 0.123. The molecule has 162 valence electrons. The van der Waals surface area contributed by atoms with Crippen LogP contribution in [0.15, 0.2) is 53.0 Å². The van der Waals surface area contributed by atoms with E-state index < -0.39 is 0 Å². The van der Waals surface area contributed by atoms with Crippen molar-refractivity contribution in [3.8, 4) is 16.3 Å². The van der Waals surface area contributed by atoms with Gasteiger partial charge in [0, 0.05) is 35.1 Å². The molecule has 9 heteroatoms. The number of nitrogens with one attached hydrogen (secondary N) is 1. The highest BCUT2D eigenvalue weighted by Gasteiger charge is 2.17. The summed E-state index contributed by atoms with van der Waals surface area (Å²) >= 11 is 4.71. The number of nitrogens with zero attached hydrogens (tertiary/aromatic N) is 3. The first-order chi connectivity index (χ1) is 15.0. The molecule has 0 saturated carbocycles. The van der Waals surface area contributed by atoms with Gasteiger partial charge in [-0.3, -0.25) is 9.59 Å². The molecule has 2 aromatic carbocycles. The highest BCUT2D eigenvalue weighted by Crippen LogP contribution is 2.27. The maximum Gasteiger partial charge on any atom is 0.254 e. The summed E-state index contributed by atoms with van der Waals surface area (Å²) in [7, 11) is 1.56. The van der Waals surface area contributed by atoms with Crippen LogP contribution in [0, 0.1) is 0 Å². The van der Waals surface area contributed by atoms with Crippen molar-refractivity contribution in [2.45, 2.75) is 19.8 Å². The summed E-state index contributed by atoms with van der Waals surface area (Å²) in [5, 5.41) is 12.1. The number of hydrogen-bond donors (Lipinski definition) is 1. The standard InChI is InChI=1S/C22H23BrN4O3S/c1-3-12-27(21(29)16-5-4-6-18(14-16)30-2)13-11-19(28)24-22-26-25-20(31-22)15-7-9-17(23)10-8-15/h4-10,14H,3,11-13H2,1-2H3,(H,24,26,28). The highest BCUT2D eigenvalue weighted by atomic mass is 79.9. The van der Waals surface area contributed by atoms with Crippen LogP contribution in [0.25, 0.3) is 10.6 Å². The van der Waals surface area contributed by atoms with Gasteiger partial charge >= 0.3 is 0 Å². The zero-order valence-electron chi connectivity index (χ0n) is 17.3. The minimum Gasteiger partial charge on any atom is -0.497 e. The normalized spacial score (nSPS) is 10.5. The number of aromatic nitrogens is 2. The molecule has 7 nitrogen and oxygen atoms in total. The molecule has 0 aliphatic heterocycles. The molecule has 2 amide bonds. The summed E-state index contributed by atoms with van der Waals surface area (Å²) in [6.45, 7) is 2.88. The number of halogens is 1. The third-order valence-corrected chi connectivity index (χ3v) is 5.89. The van der Waals surface area contributed by atoms with E-state index in [0.29, 0.717) is 29.5 Å². The Bertz CT molecular complexity index is 1040. The Morgan fingerprint density at radius 2 is 1.90 bits per heavy atom. The van der Waals surface area contributed by atoms with Gasteiger partial charge in [-0.1, -0.05) is 52.4 Å². The third kappa shape index (κ3) is 6.35. The van der Waals surface area contributed by atoms with Crippen molar-refractivity contribution in [2.24, 2.45) is 0 Å². The van der Waals surface area contributed by atoms with Gasteiger partial charge in [0.2, 0.25) is 11.0 Å². The maximum atomic E-state index is 12.9. The lowest BCUT2D eigenvalue weighted by Crippen LogP contribution is -2.34. The summed E-state index contributed by atoms with van der Waals surface area (Å²) < 4.78 is 6.18. The van der Waals surface area contributed by atoms with Crippen LogP contribution in [-0.2, 0) is 4.79 Å². The second kappa shape index (κ2) is 11.0. The van der Waals surface area contributed by atoms with E-state index in [4.69, 9.17) is 4.74 Å². The molecule has 0 aliphatic rings. The van der Waals surface area contributed by atoms with Crippen LogP contribution in [-0.4, -0.2) is 47.1 Å². The lowest BCUT2D eigenvalue weighted by Gasteiger charge is -2.22. The summed E-state index contributed by atoms with van der Waals surface area (Å²) in [4.78, 5) is 27.0. The molecule has 1 aromatic heterocycles. The fourth-order valence-corrected chi connectivity index (χ4v) is 3.95. The van der Waals surface area contributed by atoms with Crippen LogP contribution in [0.4, 0.5) is 5.13 Å². The first-order valence-electron chi connectivity index (χ1n) is 9.82. The van der Waals surface area contributed by atoms with Crippen LogP contribution in [0.2, 0.25) is 0 Å². The zero-order valence-corrected chi connectivity index (χ0v) is 19.7. The lowest BCUT2D eigenvalue weighted by atomic mass is 10.1. The molecule has 0 spiro atoms. The predicted molar refractivity (Wildman–Crippen MR) is 125 cm³/mol. The number of hydrogen-bond acceptors (Lipinski definition) is 6. The van der Waals surface area contributed by atoms with Crippen molar-refractivity contribution in [3.05, 3.63) is 58.6 Å². The molecular formula is C22H23BrN4O3S. The van der Waals surface area contributed by atoms with Crippen LogP contribution in [0.3, 0.4) is 0 Å². The number of anilines is 1. The molecule has 1 N–H and O–H groups in total. The van der Waals surface area contributed by atoms with Crippen molar-refractivity contribution in [1.82, 2.24) is 15.1 Å². The van der Waals surface area contributed by atoms with Gasteiger partial charge in [-0.15, -0.1) is 10.2 Å². The van der Waals surface area contributed by atoms with Crippen LogP contribution >= 0.6 is 27.3 Å². The molecule has 0 fully saturated rings. The quantitative estimate of drug-likeness (QED) is 0.451. The molecule has 0 unspecified atom stereocenters. The Hall–Kier alpha value is -2.78. The van der Waals surface area contributed by atoms with Crippen molar-refractivity contribution in [1.29, 1.82) is 0 Å². The minimum atomic E-state index is -0.210. The molecular weight excluding hydrogens is 480 g/mol. The third-order valence-electron chi connectivity index (χ3n) is 4.47. The number of carbonyl (C=O) groups excluding carboxylic acids is 2. The number of carbonyl (C=O) groups is 2. The van der Waals surface area contributed by atoms with E-state index >= 15 is 0 Å². The van der Waals surface area contributed by atoms with Crippen LogP contribution < -0.4 is 10.1 Å². The number of amides is 2. The van der Waals surface area contributed by atoms with Gasteiger partial charge in [-0.25, -0.2) is 0 Å². The summed E-state index contributed by atoms with van der Waals surface area (Å²) in [6, 6.07) is 14.7. The van der Waals surface area contributed by atoms with Gasteiger partial charge in [0.05, 0.1) is 7.11 Å². The molecule has 31 heavy (non-hydrogen) atoms. The van der Waals surface area contributed by atoms with E-state index in [-0.39, 0.29) is 18.2 Å². The molecule has 0 atom stereocenters. The lowest BCUT2D eigenvalue weighted by molar-refractivity contribution is -0.116. The molecule has 3 aromatic rings. The predicted octanol–water partition coefficient (Wildman–Crippen LogP) is 4.86. The Morgan fingerprint density at radius 3 is 2.61 bits per heavy atom. The van der Waals surface area contributed by atoms with Gasteiger partial charge in [0.25, 0.3) is 5.91 Å². The van der Waals surface area contributed by atoms with E-state index in [2.05, 4.69) is 31.4 Å². The Kier molecular flexibility index (Phi) is 8.13. The number of rotatable bonds is 9. The van der Waals surface area contributed by atoms with Crippen molar-refractivity contribution < 1.29 is 14.3 Å². The van der Waals surface area contributed by atoms with E-state index in [9.17, 15) is 9.59 Å². The smallest absolute Gasteiger partial charge is 0.254 e. The van der Waals surface area contributed by atoms with E-state index in [1.165, 1.54) is 11.3 Å². The van der Waals surface area contributed by atoms with E-state index in [1.54, 1.807) is 36.3 Å². The molecule has 0 saturated heterocycles. The van der Waals surface area contributed by atoms with Crippen LogP contribution in [0.1, 0.15) is 30.1 Å². The number of ether oxygens (including phenoxy) is 1. The second-order valence-electron chi connectivity index (χ2n) is 6.74. The average molecular weight is 503 g/mol. The zero-order chi connectivity index (χ0) is 22.2. The number of benzene rings is 2. The van der Waals surface area contributed by atoms with E-state index in [0.717, 1.165) is 21.5 Å². The summed E-state index contributed by atoms with van der Waals surface area (Å²) in [5.41, 5.74) is 1.47. The average Bonchev–Trinajstić information content (AvgIpc) is 3.25. The SMILES string of the molecule is CCCN(CCC(=O)Nc1nnc(-c2ccc(Br)cc2)s1)C(=O)c1cccc(OC)c1. The summed E-state index contributed by atoms with van der Waals surface area (Å²) in [5.74, 6) is 0.290. The number of methoxy groups -OCH3 is 1. The monoisotopic (exact) mass is 502 g/mol. The molecule has 0 radical (unpaired) electrons. The van der Waals surface area contributed by atoms with Crippen molar-refractivity contribution in [2.75, 3.05) is 25.5 Å². The van der Waals surface area contributed by atoms with Gasteiger partial charge < -0.3 is 15.0 Å². The molecule has 1 heterocycles. The first-order valence-corrected chi connectivity index (χ1v) is 11.4. The van der Waals surface area contributed by atoms with Crippen molar-refractivity contribution >= 4 is 44.2 Å². The summed E-state index contributed by atoms with van der Waals surface area (Å²) in [6.07, 6.45) is 0.965. The maximum absolute atomic E-state index is 12.9. The van der Waals surface area contributed by atoms with Gasteiger partial charge in [-0.2, -0.15) is 0 Å².